The first kappa shape index (κ1) is 24.3. The van der Waals surface area contributed by atoms with Crippen molar-refractivity contribution in [2.24, 2.45) is 9.39 Å². The van der Waals surface area contributed by atoms with Crippen LogP contribution in [0.5, 0.6) is 5.75 Å². The first-order valence-electron chi connectivity index (χ1n) is 10.3. The van der Waals surface area contributed by atoms with E-state index < -0.39 is 25.9 Å². The molecule has 11 nitrogen and oxygen atoms in total. The molecule has 0 atom stereocenters. The van der Waals surface area contributed by atoms with Crippen LogP contribution in [0.2, 0.25) is 0 Å². The number of aliphatic imine (C=N–C) groups is 1. The standard InChI is InChI=1S/C22H19N5O6S2/c1-13(2)35(31,32)22-25-34-21-24-20(28)18(19(23)26(21)22)11-14-5-9-17(10-6-14)33-12-15-3-7-16(8-4-15)27(29)30/h3-11,13,23H,12H2,1-2H3/b18-11-,23-19?. The van der Waals surface area contributed by atoms with Crippen molar-refractivity contribution in [3.05, 3.63) is 75.3 Å². The van der Waals surface area contributed by atoms with Crippen molar-refractivity contribution in [3.63, 3.8) is 0 Å². The van der Waals surface area contributed by atoms with Crippen LogP contribution in [0, 0.1) is 15.5 Å². The highest BCUT2D eigenvalue weighted by molar-refractivity contribution is 8.16. The molecule has 0 unspecified atom stereocenters. The van der Waals surface area contributed by atoms with Gasteiger partial charge in [0, 0.05) is 12.1 Å². The number of non-ortho nitro benzene ring substituents is 1. The molecule has 2 aliphatic heterocycles. The van der Waals surface area contributed by atoms with Gasteiger partial charge >= 0.3 is 0 Å². The largest absolute Gasteiger partial charge is 0.489 e. The van der Waals surface area contributed by atoms with Gasteiger partial charge in [0.1, 0.15) is 18.2 Å². The minimum atomic E-state index is -3.79. The average molecular weight is 514 g/mol. The van der Waals surface area contributed by atoms with Crippen LogP contribution in [0.3, 0.4) is 0 Å². The molecule has 0 fully saturated rings. The van der Waals surface area contributed by atoms with Crippen molar-refractivity contribution in [2.45, 2.75) is 25.7 Å². The number of fused-ring (bicyclic) bond motifs is 1. The normalized spacial score (nSPS) is 16.9. The van der Waals surface area contributed by atoms with E-state index in [4.69, 9.17) is 10.1 Å². The number of nitro benzene ring substituents is 1. The SMILES string of the molecule is CC(C)S(=O)(=O)C1=NSC2=NC(=O)/C(=C\c3ccc(OCc4ccc([N+](=O)[O-])cc4)cc3)C(=N)N21. The van der Waals surface area contributed by atoms with E-state index in [0.29, 0.717) is 11.3 Å². The Kier molecular flexibility index (Phi) is 6.54. The van der Waals surface area contributed by atoms with E-state index >= 15 is 0 Å². The quantitative estimate of drug-likeness (QED) is 0.266. The molecule has 1 amide bonds. The number of rotatable bonds is 6. The van der Waals surface area contributed by atoms with Crippen LogP contribution >= 0.6 is 11.9 Å². The number of amides is 1. The molecule has 4 rings (SSSR count). The highest BCUT2D eigenvalue weighted by Gasteiger charge is 2.43. The second-order valence-electron chi connectivity index (χ2n) is 7.78. The molecule has 2 aromatic carbocycles. The summed E-state index contributed by atoms with van der Waals surface area (Å²) in [5.74, 6) is -0.443. The summed E-state index contributed by atoms with van der Waals surface area (Å²) in [7, 11) is -3.79. The Balaban J connectivity index is 1.49. The summed E-state index contributed by atoms with van der Waals surface area (Å²) in [5.41, 5.74) is 1.27. The van der Waals surface area contributed by atoms with Gasteiger partial charge in [0.2, 0.25) is 20.2 Å². The summed E-state index contributed by atoms with van der Waals surface area (Å²) in [4.78, 5) is 27.8. The number of carbonyl (C=O) groups excluding carboxylic acids is 1. The van der Waals surface area contributed by atoms with Gasteiger partial charge in [0.25, 0.3) is 11.6 Å². The Morgan fingerprint density at radius 2 is 1.83 bits per heavy atom. The average Bonchev–Trinajstić information content (AvgIpc) is 3.26. The smallest absolute Gasteiger partial charge is 0.283 e. The minimum absolute atomic E-state index is 0.00172. The first-order chi connectivity index (χ1) is 16.6. The zero-order chi connectivity index (χ0) is 25.3. The lowest BCUT2D eigenvalue weighted by atomic mass is 10.1. The van der Waals surface area contributed by atoms with E-state index in [2.05, 4.69) is 9.39 Å². The number of sulfone groups is 1. The van der Waals surface area contributed by atoms with Crippen molar-refractivity contribution >= 4 is 55.6 Å². The van der Waals surface area contributed by atoms with Crippen LogP contribution in [0.1, 0.15) is 25.0 Å². The molecular weight excluding hydrogens is 494 g/mol. The molecule has 0 spiro atoms. The van der Waals surface area contributed by atoms with Crippen LogP contribution in [-0.4, -0.2) is 45.6 Å². The van der Waals surface area contributed by atoms with E-state index in [0.717, 1.165) is 22.4 Å². The molecule has 13 heteroatoms. The lowest BCUT2D eigenvalue weighted by molar-refractivity contribution is -0.384. The van der Waals surface area contributed by atoms with Crippen LogP contribution in [0.4, 0.5) is 5.69 Å². The van der Waals surface area contributed by atoms with Gasteiger partial charge in [-0.05, 0) is 55.3 Å². The van der Waals surface area contributed by atoms with Gasteiger partial charge in [-0.15, -0.1) is 0 Å². The molecule has 0 aliphatic carbocycles. The van der Waals surface area contributed by atoms with Crippen LogP contribution in [-0.2, 0) is 21.2 Å². The summed E-state index contributed by atoms with van der Waals surface area (Å²) < 4.78 is 34.9. The Hall–Kier alpha value is -3.84. The number of nitrogens with zero attached hydrogens (tertiary/aromatic N) is 4. The molecule has 180 valence electrons. The summed E-state index contributed by atoms with van der Waals surface area (Å²) in [6.07, 6.45) is 1.45. The number of benzene rings is 2. The number of carbonyl (C=O) groups is 1. The summed E-state index contributed by atoms with van der Waals surface area (Å²) in [5, 5.41) is 18.2. The highest BCUT2D eigenvalue weighted by Crippen LogP contribution is 2.31. The van der Waals surface area contributed by atoms with E-state index in [-0.39, 0.29) is 34.0 Å². The lowest BCUT2D eigenvalue weighted by Gasteiger charge is -2.25. The molecule has 1 N–H and O–H groups in total. The van der Waals surface area contributed by atoms with Crippen molar-refractivity contribution in [1.82, 2.24) is 4.90 Å². The Bertz CT molecular complexity index is 1410. The Morgan fingerprint density at radius 3 is 2.43 bits per heavy atom. The van der Waals surface area contributed by atoms with E-state index in [1.165, 1.54) is 32.1 Å². The fraction of sp³-hybridized carbons (Fsp3) is 0.182. The third-order valence-electron chi connectivity index (χ3n) is 5.11. The minimum Gasteiger partial charge on any atom is -0.489 e. The molecule has 2 aliphatic rings. The third kappa shape index (κ3) is 4.86. The zero-order valence-corrected chi connectivity index (χ0v) is 20.2. The second kappa shape index (κ2) is 9.43. The van der Waals surface area contributed by atoms with Gasteiger partial charge in [0.15, 0.2) is 0 Å². The van der Waals surface area contributed by atoms with Gasteiger partial charge < -0.3 is 4.74 Å². The van der Waals surface area contributed by atoms with Gasteiger partial charge in [-0.3, -0.25) is 20.3 Å². The first-order valence-corrected chi connectivity index (χ1v) is 12.6. The number of hydrogen-bond acceptors (Lipinski definition) is 9. The molecule has 0 bridgehead atoms. The molecule has 2 heterocycles. The number of hydrogen-bond donors (Lipinski definition) is 1. The van der Waals surface area contributed by atoms with Gasteiger partial charge in [-0.1, -0.05) is 12.1 Å². The number of amidine groups is 3. The second-order valence-corrected chi connectivity index (χ2v) is 10.9. The van der Waals surface area contributed by atoms with Crippen LogP contribution in [0.25, 0.3) is 6.08 Å². The fourth-order valence-electron chi connectivity index (χ4n) is 3.10. The molecule has 0 aromatic heterocycles. The monoisotopic (exact) mass is 513 g/mol. The topological polar surface area (TPSA) is 155 Å². The summed E-state index contributed by atoms with van der Waals surface area (Å²) >= 11 is 0.748. The van der Waals surface area contributed by atoms with Gasteiger partial charge in [-0.2, -0.15) is 9.39 Å². The predicted molar refractivity (Wildman–Crippen MR) is 133 cm³/mol. The Morgan fingerprint density at radius 1 is 1.17 bits per heavy atom. The Labute approximate surface area is 204 Å². The van der Waals surface area contributed by atoms with E-state index in [9.17, 15) is 23.3 Å². The maximum Gasteiger partial charge on any atom is 0.283 e. The van der Waals surface area contributed by atoms with Crippen LogP contribution < -0.4 is 4.74 Å². The van der Waals surface area contributed by atoms with Crippen molar-refractivity contribution in [2.75, 3.05) is 0 Å². The number of ether oxygens (including phenoxy) is 1. The third-order valence-corrected chi connectivity index (χ3v) is 7.95. The fourth-order valence-corrected chi connectivity index (χ4v) is 5.17. The predicted octanol–water partition coefficient (Wildman–Crippen LogP) is 3.57. The van der Waals surface area contributed by atoms with E-state index in [1.54, 1.807) is 36.4 Å². The van der Waals surface area contributed by atoms with Gasteiger partial charge in [0.05, 0.1) is 27.7 Å². The molecule has 2 aromatic rings. The van der Waals surface area contributed by atoms with Crippen LogP contribution in [0.15, 0.2) is 63.5 Å². The van der Waals surface area contributed by atoms with Crippen molar-refractivity contribution < 1.29 is 22.9 Å². The number of nitrogens with one attached hydrogen (secondary N) is 1. The molecule has 0 radical (unpaired) electrons. The molecule has 0 saturated carbocycles. The van der Waals surface area contributed by atoms with Crippen molar-refractivity contribution in [1.29, 1.82) is 5.41 Å². The zero-order valence-electron chi connectivity index (χ0n) is 18.5. The van der Waals surface area contributed by atoms with E-state index in [1.807, 2.05) is 0 Å². The van der Waals surface area contributed by atoms with Gasteiger partial charge in [-0.25, -0.2) is 13.3 Å². The molecule has 35 heavy (non-hydrogen) atoms. The molecule has 0 saturated heterocycles. The summed E-state index contributed by atoms with van der Waals surface area (Å²) in [6, 6.07) is 12.7. The lowest BCUT2D eigenvalue weighted by Crippen LogP contribution is -2.46. The maximum atomic E-state index is 12.6. The number of nitro groups is 1. The maximum absolute atomic E-state index is 12.6. The summed E-state index contributed by atoms with van der Waals surface area (Å²) in [6.45, 7) is 3.23. The molecular formula is C22H19N5O6S2. The van der Waals surface area contributed by atoms with Crippen molar-refractivity contribution in [3.8, 4) is 5.75 Å². The highest BCUT2D eigenvalue weighted by atomic mass is 32.2.